The molecule has 6 nitrogen and oxygen atoms in total. The fourth-order valence-corrected chi connectivity index (χ4v) is 2.56. The van der Waals surface area contributed by atoms with Crippen LogP contribution in [0.4, 0.5) is 4.79 Å². The van der Waals surface area contributed by atoms with E-state index < -0.39 is 18.3 Å². The molecule has 0 aliphatic carbocycles. The zero-order chi connectivity index (χ0) is 18.4. The smallest absolute Gasteiger partial charge is 0.407 e. The van der Waals surface area contributed by atoms with Gasteiger partial charge in [-0.15, -0.1) is 0 Å². The Hall–Kier alpha value is -1.99. The monoisotopic (exact) mass is 385 g/mol. The molecule has 4 N–H and O–H groups in total. The molecule has 0 saturated heterocycles. The van der Waals surface area contributed by atoms with Crippen LogP contribution < -0.4 is 5.32 Å². The Morgan fingerprint density at radius 2 is 1.72 bits per heavy atom. The predicted octanol–water partition coefficient (Wildman–Crippen LogP) is 3.02. The summed E-state index contributed by atoms with van der Waals surface area (Å²) in [6.07, 6.45) is -3.40. The maximum atomic E-state index is 11.6. The number of phenolic OH excluding ortho intramolecular Hbond substituents is 1. The molecule has 0 saturated carbocycles. The van der Waals surface area contributed by atoms with E-state index in [0.29, 0.717) is 0 Å². The van der Waals surface area contributed by atoms with Crippen molar-refractivity contribution in [3.05, 3.63) is 63.6 Å². The first kappa shape index (κ1) is 19.3. The highest BCUT2D eigenvalue weighted by molar-refractivity contribution is 6.37. The lowest BCUT2D eigenvalue weighted by Gasteiger charge is -2.19. The molecule has 25 heavy (non-hydrogen) atoms. The summed E-state index contributed by atoms with van der Waals surface area (Å²) in [7, 11) is 0. The van der Waals surface area contributed by atoms with Crippen LogP contribution in [-0.2, 0) is 11.3 Å². The number of aromatic hydroxyl groups is 1. The minimum atomic E-state index is -1.36. The van der Waals surface area contributed by atoms with Gasteiger partial charge in [0.05, 0.1) is 10.0 Å². The number of ether oxygens (including phenoxy) is 1. The zero-order valence-electron chi connectivity index (χ0n) is 13.0. The molecule has 2 aromatic carbocycles. The van der Waals surface area contributed by atoms with Gasteiger partial charge in [-0.25, -0.2) is 4.79 Å². The number of nitrogens with one attached hydrogen (secondary N) is 1. The fraction of sp³-hybridized carbons (Fsp3) is 0.235. The van der Waals surface area contributed by atoms with Gasteiger partial charge in [-0.2, -0.15) is 0 Å². The van der Waals surface area contributed by atoms with Gasteiger partial charge in [-0.05, 0) is 23.3 Å². The van der Waals surface area contributed by atoms with Crippen molar-refractivity contribution in [1.82, 2.24) is 5.32 Å². The number of amides is 1. The largest absolute Gasteiger partial charge is 0.505 e. The topological polar surface area (TPSA) is 99.0 Å². The summed E-state index contributed by atoms with van der Waals surface area (Å²) in [6, 6.07) is 11.7. The lowest BCUT2D eigenvalue weighted by Crippen LogP contribution is -2.35. The third-order valence-corrected chi connectivity index (χ3v) is 3.99. The molecule has 0 heterocycles. The summed E-state index contributed by atoms with van der Waals surface area (Å²) in [5.74, 6) is -0.309. The van der Waals surface area contributed by atoms with Crippen LogP contribution >= 0.6 is 23.2 Å². The lowest BCUT2D eigenvalue weighted by atomic mass is 10.0. The summed E-state index contributed by atoms with van der Waals surface area (Å²) < 4.78 is 5.00. The van der Waals surface area contributed by atoms with E-state index in [9.17, 15) is 20.1 Å². The highest BCUT2D eigenvalue weighted by atomic mass is 35.5. The molecular weight excluding hydrogens is 369 g/mol. The van der Waals surface area contributed by atoms with Gasteiger partial charge in [-0.1, -0.05) is 53.5 Å². The molecule has 0 fully saturated rings. The number of carbonyl (C=O) groups is 1. The van der Waals surface area contributed by atoms with Crippen LogP contribution in [0.1, 0.15) is 17.2 Å². The van der Waals surface area contributed by atoms with Gasteiger partial charge >= 0.3 is 6.09 Å². The number of benzene rings is 2. The molecule has 0 aliphatic rings. The van der Waals surface area contributed by atoms with Gasteiger partial charge in [0.1, 0.15) is 18.8 Å². The quantitative estimate of drug-likeness (QED) is 0.612. The number of hydrogen-bond donors (Lipinski definition) is 4. The molecule has 1 amide bonds. The van der Waals surface area contributed by atoms with Crippen molar-refractivity contribution >= 4 is 29.3 Å². The fourth-order valence-electron chi connectivity index (χ4n) is 2.05. The van der Waals surface area contributed by atoms with Crippen molar-refractivity contribution in [1.29, 1.82) is 0 Å². The Labute approximate surface area is 154 Å². The predicted molar refractivity (Wildman–Crippen MR) is 93.7 cm³/mol. The van der Waals surface area contributed by atoms with E-state index in [0.717, 1.165) is 5.56 Å². The first-order chi connectivity index (χ1) is 11.9. The number of alkyl carbamates (subject to hydrolysis) is 1. The van der Waals surface area contributed by atoms with Gasteiger partial charge in [0, 0.05) is 6.54 Å². The van der Waals surface area contributed by atoms with Crippen molar-refractivity contribution in [2.45, 2.75) is 18.8 Å². The van der Waals surface area contributed by atoms with E-state index >= 15 is 0 Å². The van der Waals surface area contributed by atoms with Crippen LogP contribution in [0.2, 0.25) is 10.0 Å². The van der Waals surface area contributed by atoms with E-state index in [1.165, 1.54) is 12.1 Å². The van der Waals surface area contributed by atoms with Gasteiger partial charge in [0.15, 0.2) is 5.75 Å². The summed E-state index contributed by atoms with van der Waals surface area (Å²) in [5.41, 5.74) is 1.03. The van der Waals surface area contributed by atoms with Crippen LogP contribution in [0, 0.1) is 0 Å². The molecule has 134 valence electrons. The van der Waals surface area contributed by atoms with Crippen molar-refractivity contribution in [3.8, 4) is 5.75 Å². The van der Waals surface area contributed by atoms with Gasteiger partial charge < -0.3 is 25.4 Å². The van der Waals surface area contributed by atoms with Crippen molar-refractivity contribution in [2.75, 3.05) is 6.54 Å². The maximum Gasteiger partial charge on any atom is 0.407 e. The second-order valence-electron chi connectivity index (χ2n) is 5.29. The number of halogens is 2. The molecule has 2 atom stereocenters. The van der Waals surface area contributed by atoms with Gasteiger partial charge in [0.2, 0.25) is 0 Å². The molecule has 0 bridgehead atoms. The van der Waals surface area contributed by atoms with Crippen molar-refractivity contribution in [2.24, 2.45) is 0 Å². The highest BCUT2D eigenvalue weighted by Gasteiger charge is 2.21. The molecular formula is C17H17Cl2NO5. The minimum absolute atomic E-state index is 0.0519. The third-order valence-electron chi connectivity index (χ3n) is 3.41. The Morgan fingerprint density at radius 3 is 2.32 bits per heavy atom. The first-order valence-corrected chi connectivity index (χ1v) is 8.12. The summed E-state index contributed by atoms with van der Waals surface area (Å²) >= 11 is 11.6. The maximum absolute atomic E-state index is 11.6. The number of carbonyl (C=O) groups excluding carboxylic acids is 1. The lowest BCUT2D eigenvalue weighted by molar-refractivity contribution is 0.0184. The number of phenols is 1. The molecule has 8 heteroatoms. The van der Waals surface area contributed by atoms with Crippen molar-refractivity contribution < 1.29 is 24.9 Å². The van der Waals surface area contributed by atoms with E-state index in [1.807, 2.05) is 30.3 Å². The Morgan fingerprint density at radius 1 is 1.12 bits per heavy atom. The van der Waals surface area contributed by atoms with E-state index in [2.05, 4.69) is 5.32 Å². The Bertz CT molecular complexity index is 703. The Kier molecular flexibility index (Phi) is 6.90. The molecule has 0 radical (unpaired) electrons. The highest BCUT2D eigenvalue weighted by Crippen LogP contribution is 2.35. The normalized spacial score (nSPS) is 13.1. The molecule has 2 unspecified atom stereocenters. The van der Waals surface area contributed by atoms with Crippen LogP contribution in [0.3, 0.4) is 0 Å². The number of aliphatic hydroxyl groups excluding tert-OH is 2. The van der Waals surface area contributed by atoms with Gasteiger partial charge in [-0.3, -0.25) is 0 Å². The zero-order valence-corrected chi connectivity index (χ0v) is 14.5. The first-order valence-electron chi connectivity index (χ1n) is 7.37. The van der Waals surface area contributed by atoms with E-state index in [1.54, 1.807) is 0 Å². The summed E-state index contributed by atoms with van der Waals surface area (Å²) in [5, 5.41) is 31.8. The SMILES string of the molecule is O=C(NCC(O)C(O)c1cc(Cl)c(O)c(Cl)c1)OCc1ccccc1. The third kappa shape index (κ3) is 5.51. The second kappa shape index (κ2) is 8.92. The minimum Gasteiger partial charge on any atom is -0.505 e. The second-order valence-corrected chi connectivity index (χ2v) is 6.10. The van der Waals surface area contributed by atoms with E-state index in [4.69, 9.17) is 27.9 Å². The molecule has 0 spiro atoms. The van der Waals surface area contributed by atoms with E-state index in [-0.39, 0.29) is 34.5 Å². The average molecular weight is 386 g/mol. The standard InChI is InChI=1S/C17H17Cl2NO5/c18-12-6-11(7-13(19)16(12)23)15(22)14(21)8-20-17(24)25-9-10-4-2-1-3-5-10/h1-7,14-15,21-23H,8-9H2,(H,20,24). The summed E-state index contributed by atoms with van der Waals surface area (Å²) in [4.78, 5) is 11.6. The van der Waals surface area contributed by atoms with Crippen LogP contribution in [-0.4, -0.2) is 34.1 Å². The molecule has 2 rings (SSSR count). The van der Waals surface area contributed by atoms with Crippen LogP contribution in [0.5, 0.6) is 5.75 Å². The number of hydrogen-bond acceptors (Lipinski definition) is 5. The molecule has 0 aliphatic heterocycles. The summed E-state index contributed by atoms with van der Waals surface area (Å²) in [6.45, 7) is -0.153. The molecule has 2 aromatic rings. The van der Waals surface area contributed by atoms with Crippen LogP contribution in [0.25, 0.3) is 0 Å². The molecule has 0 aromatic heterocycles. The van der Waals surface area contributed by atoms with Crippen LogP contribution in [0.15, 0.2) is 42.5 Å². The number of aliphatic hydroxyl groups is 2. The van der Waals surface area contributed by atoms with Gasteiger partial charge in [0.25, 0.3) is 0 Å². The Balaban J connectivity index is 1.84. The average Bonchev–Trinajstić information content (AvgIpc) is 2.62. The number of rotatable bonds is 6. The van der Waals surface area contributed by atoms with Crippen molar-refractivity contribution in [3.63, 3.8) is 0 Å².